The zero-order chi connectivity index (χ0) is 18.6. The van der Waals surface area contributed by atoms with Gasteiger partial charge in [0.25, 0.3) is 10.0 Å². The molecule has 0 aliphatic carbocycles. The molecule has 2 aromatic carbocycles. The van der Waals surface area contributed by atoms with Crippen LogP contribution in [0, 0.1) is 0 Å². The molecule has 0 saturated carbocycles. The van der Waals surface area contributed by atoms with Gasteiger partial charge in [-0.2, -0.15) is 0 Å². The first-order valence-electron chi connectivity index (χ1n) is 7.56. The van der Waals surface area contributed by atoms with E-state index in [1.807, 2.05) is 30.3 Å². The van der Waals surface area contributed by atoms with Crippen molar-refractivity contribution in [2.45, 2.75) is 10.8 Å². The molecule has 1 aromatic heterocycles. The van der Waals surface area contributed by atoms with Crippen LogP contribution in [0.25, 0.3) is 0 Å². The van der Waals surface area contributed by atoms with Crippen molar-refractivity contribution >= 4 is 33.0 Å². The minimum Gasteiger partial charge on any atom is -0.489 e. The molecule has 8 heteroatoms. The van der Waals surface area contributed by atoms with Gasteiger partial charge >= 0.3 is 5.97 Å². The molecule has 134 valence electrons. The number of carboxylic acid groups (broad SMARTS) is 1. The van der Waals surface area contributed by atoms with Crippen LogP contribution in [-0.4, -0.2) is 19.5 Å². The maximum Gasteiger partial charge on any atom is 0.337 e. The van der Waals surface area contributed by atoms with Crippen molar-refractivity contribution in [3.63, 3.8) is 0 Å². The summed E-state index contributed by atoms with van der Waals surface area (Å²) < 4.78 is 32.6. The van der Waals surface area contributed by atoms with E-state index in [-0.39, 0.29) is 22.1 Å². The van der Waals surface area contributed by atoms with Crippen molar-refractivity contribution in [2.24, 2.45) is 0 Å². The van der Waals surface area contributed by atoms with Crippen LogP contribution in [0.2, 0.25) is 0 Å². The number of ether oxygens (including phenoxy) is 1. The topological polar surface area (TPSA) is 92.7 Å². The second-order valence-electron chi connectivity index (χ2n) is 5.32. The van der Waals surface area contributed by atoms with Crippen molar-refractivity contribution in [2.75, 3.05) is 4.72 Å². The van der Waals surface area contributed by atoms with E-state index >= 15 is 0 Å². The van der Waals surface area contributed by atoms with Crippen LogP contribution in [0.5, 0.6) is 5.75 Å². The summed E-state index contributed by atoms with van der Waals surface area (Å²) in [5.74, 6) is -0.913. The number of hydrogen-bond donors (Lipinski definition) is 2. The van der Waals surface area contributed by atoms with E-state index in [2.05, 4.69) is 4.72 Å². The maximum atomic E-state index is 12.3. The third kappa shape index (κ3) is 4.22. The lowest BCUT2D eigenvalue weighted by molar-refractivity contribution is 0.0697. The van der Waals surface area contributed by atoms with Gasteiger partial charge in [0.05, 0.1) is 11.3 Å². The maximum absolute atomic E-state index is 12.3. The van der Waals surface area contributed by atoms with Gasteiger partial charge in [0.1, 0.15) is 16.6 Å². The Morgan fingerprint density at radius 1 is 1.08 bits per heavy atom. The number of hydrogen-bond acceptors (Lipinski definition) is 5. The number of anilines is 1. The summed E-state index contributed by atoms with van der Waals surface area (Å²) >= 11 is 1.05. The number of thiophene rings is 1. The molecule has 0 bridgehead atoms. The number of benzene rings is 2. The van der Waals surface area contributed by atoms with Crippen LogP contribution in [0.15, 0.2) is 70.3 Å². The standard InChI is InChI=1S/C18H15NO5S2/c20-18(21)15-11-14(24-12-13-5-2-1-3-6-13)8-9-16(15)19-26(22,23)17-7-4-10-25-17/h1-11,19H,12H2,(H,20,21). The van der Waals surface area contributed by atoms with E-state index in [1.165, 1.54) is 24.3 Å². The van der Waals surface area contributed by atoms with Crippen molar-refractivity contribution in [3.8, 4) is 5.75 Å². The molecule has 3 rings (SSSR count). The van der Waals surface area contributed by atoms with Crippen molar-refractivity contribution < 1.29 is 23.1 Å². The molecule has 0 spiro atoms. The summed E-state index contributed by atoms with van der Waals surface area (Å²) in [5, 5.41) is 11.0. The predicted octanol–water partition coefficient (Wildman–Crippen LogP) is 3.83. The van der Waals surface area contributed by atoms with E-state index in [9.17, 15) is 18.3 Å². The highest BCUT2D eigenvalue weighted by Crippen LogP contribution is 2.26. The molecule has 0 unspecified atom stereocenters. The van der Waals surface area contributed by atoms with Gasteiger partial charge in [-0.1, -0.05) is 36.4 Å². The molecule has 0 aliphatic heterocycles. The third-order valence-corrected chi connectivity index (χ3v) is 6.24. The number of rotatable bonds is 7. The molecule has 0 atom stereocenters. The number of carboxylic acids is 1. The van der Waals surface area contributed by atoms with Gasteiger partial charge in [-0.25, -0.2) is 13.2 Å². The summed E-state index contributed by atoms with van der Waals surface area (Å²) in [6, 6.07) is 16.7. The SMILES string of the molecule is O=C(O)c1cc(OCc2ccccc2)ccc1NS(=O)(=O)c1cccs1. The van der Waals surface area contributed by atoms with Gasteiger partial charge in [0.2, 0.25) is 0 Å². The summed E-state index contributed by atoms with van der Waals surface area (Å²) in [7, 11) is -3.83. The molecule has 0 amide bonds. The summed E-state index contributed by atoms with van der Waals surface area (Å²) in [5.41, 5.74) is 0.737. The largest absolute Gasteiger partial charge is 0.489 e. The Kier molecular flexibility index (Phi) is 5.24. The smallest absolute Gasteiger partial charge is 0.337 e. The minimum atomic E-state index is -3.83. The van der Waals surface area contributed by atoms with Gasteiger partial charge in [0, 0.05) is 0 Å². The molecular weight excluding hydrogens is 374 g/mol. The van der Waals surface area contributed by atoms with Gasteiger partial charge in [-0.15, -0.1) is 11.3 Å². The van der Waals surface area contributed by atoms with E-state index in [4.69, 9.17) is 4.74 Å². The fraction of sp³-hybridized carbons (Fsp3) is 0.0556. The van der Waals surface area contributed by atoms with Crippen LogP contribution in [0.3, 0.4) is 0 Å². The normalized spacial score (nSPS) is 11.1. The van der Waals surface area contributed by atoms with Gasteiger partial charge < -0.3 is 9.84 Å². The van der Waals surface area contributed by atoms with E-state index in [0.717, 1.165) is 16.9 Å². The molecule has 0 radical (unpaired) electrons. The molecule has 6 nitrogen and oxygen atoms in total. The highest BCUT2D eigenvalue weighted by Gasteiger charge is 2.20. The van der Waals surface area contributed by atoms with Crippen molar-refractivity contribution in [1.29, 1.82) is 0 Å². The van der Waals surface area contributed by atoms with Crippen LogP contribution in [0.1, 0.15) is 15.9 Å². The number of aromatic carboxylic acids is 1. The van der Waals surface area contributed by atoms with Crippen molar-refractivity contribution in [3.05, 3.63) is 77.2 Å². The lowest BCUT2D eigenvalue weighted by atomic mass is 10.1. The quantitative estimate of drug-likeness (QED) is 0.641. The fourth-order valence-electron chi connectivity index (χ4n) is 2.23. The molecular formula is C18H15NO5S2. The van der Waals surface area contributed by atoms with Gasteiger partial charge in [0.15, 0.2) is 0 Å². The average Bonchev–Trinajstić information content (AvgIpc) is 3.17. The Morgan fingerprint density at radius 3 is 2.50 bits per heavy atom. The number of nitrogens with one attached hydrogen (secondary N) is 1. The summed E-state index contributed by atoms with van der Waals surface area (Å²) in [4.78, 5) is 11.5. The predicted molar refractivity (Wildman–Crippen MR) is 99.3 cm³/mol. The molecule has 0 aliphatic rings. The Morgan fingerprint density at radius 2 is 1.85 bits per heavy atom. The fourth-order valence-corrected chi connectivity index (χ4v) is 4.30. The molecule has 2 N–H and O–H groups in total. The Labute approximate surface area is 154 Å². The van der Waals surface area contributed by atoms with E-state index in [0.29, 0.717) is 5.75 Å². The second-order valence-corrected chi connectivity index (χ2v) is 8.18. The Balaban J connectivity index is 1.82. The van der Waals surface area contributed by atoms with E-state index < -0.39 is 16.0 Å². The Hall–Kier alpha value is -2.84. The van der Waals surface area contributed by atoms with E-state index in [1.54, 1.807) is 11.4 Å². The monoisotopic (exact) mass is 389 g/mol. The zero-order valence-electron chi connectivity index (χ0n) is 13.5. The van der Waals surface area contributed by atoms with Crippen LogP contribution >= 0.6 is 11.3 Å². The second kappa shape index (κ2) is 7.59. The first kappa shape index (κ1) is 18.0. The zero-order valence-corrected chi connectivity index (χ0v) is 15.1. The van der Waals surface area contributed by atoms with Gasteiger partial charge in [-0.3, -0.25) is 4.72 Å². The highest BCUT2D eigenvalue weighted by atomic mass is 32.2. The first-order valence-corrected chi connectivity index (χ1v) is 9.92. The molecule has 0 saturated heterocycles. The highest BCUT2D eigenvalue weighted by molar-refractivity contribution is 7.94. The van der Waals surface area contributed by atoms with Crippen LogP contribution in [-0.2, 0) is 16.6 Å². The minimum absolute atomic E-state index is 0.0158. The first-order chi connectivity index (χ1) is 12.5. The molecule has 26 heavy (non-hydrogen) atoms. The summed E-state index contributed by atoms with van der Waals surface area (Å²) in [6.07, 6.45) is 0. The van der Waals surface area contributed by atoms with Gasteiger partial charge in [-0.05, 0) is 35.2 Å². The average molecular weight is 389 g/mol. The third-order valence-electron chi connectivity index (χ3n) is 3.47. The van der Waals surface area contributed by atoms with Crippen LogP contribution in [0.4, 0.5) is 5.69 Å². The number of sulfonamides is 1. The van der Waals surface area contributed by atoms with Crippen molar-refractivity contribution in [1.82, 2.24) is 0 Å². The lowest BCUT2D eigenvalue weighted by Crippen LogP contribution is -2.14. The molecule has 1 heterocycles. The summed E-state index contributed by atoms with van der Waals surface area (Å²) in [6.45, 7) is 0.278. The lowest BCUT2D eigenvalue weighted by Gasteiger charge is -2.12. The molecule has 0 fully saturated rings. The van der Waals surface area contributed by atoms with Crippen LogP contribution < -0.4 is 9.46 Å². The Bertz CT molecular complexity index is 999. The molecule has 3 aromatic rings. The number of carbonyl (C=O) groups is 1.